The summed E-state index contributed by atoms with van der Waals surface area (Å²) in [6.45, 7) is 5.70. The second kappa shape index (κ2) is 3.56. The van der Waals surface area contributed by atoms with E-state index >= 15 is 0 Å². The van der Waals surface area contributed by atoms with Gasteiger partial charge < -0.3 is 0 Å². The van der Waals surface area contributed by atoms with E-state index in [1.54, 1.807) is 6.92 Å². The molecule has 0 aliphatic carbocycles. The van der Waals surface area contributed by atoms with Gasteiger partial charge in [-0.2, -0.15) is 0 Å². The maximum Gasteiger partial charge on any atom is 0.159 e. The van der Waals surface area contributed by atoms with Crippen LogP contribution in [0.5, 0.6) is 0 Å². The van der Waals surface area contributed by atoms with Crippen LogP contribution in [0.15, 0.2) is 12.1 Å². The Morgan fingerprint density at radius 1 is 1.33 bits per heavy atom. The minimum Gasteiger partial charge on any atom is -0.295 e. The fourth-order valence-corrected chi connectivity index (χ4v) is 1.78. The van der Waals surface area contributed by atoms with Crippen LogP contribution in [0, 0.1) is 17.4 Å². The highest BCUT2D eigenvalue weighted by Gasteiger charge is 2.04. The molecule has 0 fully saturated rings. The van der Waals surface area contributed by atoms with Gasteiger partial charge in [0.1, 0.15) is 0 Å². The van der Waals surface area contributed by atoms with Gasteiger partial charge in [0.2, 0.25) is 0 Å². The zero-order chi connectivity index (χ0) is 9.30. The van der Waals surface area contributed by atoms with E-state index in [4.69, 9.17) is 0 Å². The molecule has 0 radical (unpaired) electrons. The Balaban J connectivity index is 3.31. The number of hydrogen-bond acceptors (Lipinski definition) is 1. The Kier molecular flexibility index (Phi) is 2.88. The lowest BCUT2D eigenvalue weighted by Crippen LogP contribution is -1.96. The number of rotatable bonds is 1. The number of ketones is 1. The highest BCUT2D eigenvalue weighted by molar-refractivity contribution is 14.1. The molecule has 0 N–H and O–H groups in total. The lowest BCUT2D eigenvalue weighted by molar-refractivity contribution is 0.101. The van der Waals surface area contributed by atoms with Crippen LogP contribution in [0.25, 0.3) is 0 Å². The number of Topliss-reactive ketones (excluding diaryl/α,β-unsaturated/α-hetero) is 1. The molecule has 0 saturated heterocycles. The van der Waals surface area contributed by atoms with Crippen molar-refractivity contribution in [1.82, 2.24) is 0 Å². The Morgan fingerprint density at radius 2 is 1.92 bits per heavy atom. The second-order valence-electron chi connectivity index (χ2n) is 2.96. The zero-order valence-corrected chi connectivity index (χ0v) is 9.60. The van der Waals surface area contributed by atoms with Crippen molar-refractivity contribution in [2.75, 3.05) is 0 Å². The fraction of sp³-hybridized carbons (Fsp3) is 0.300. The maximum atomic E-state index is 11.1. The highest BCUT2D eigenvalue weighted by atomic mass is 127. The highest BCUT2D eigenvalue weighted by Crippen LogP contribution is 2.18. The first-order chi connectivity index (χ1) is 5.52. The van der Waals surface area contributed by atoms with Crippen LogP contribution in [-0.2, 0) is 0 Å². The Morgan fingerprint density at radius 3 is 2.33 bits per heavy atom. The van der Waals surface area contributed by atoms with E-state index in [0.29, 0.717) is 0 Å². The average Bonchev–Trinajstić information content (AvgIpc) is 1.99. The van der Waals surface area contributed by atoms with Gasteiger partial charge in [-0.05, 0) is 66.6 Å². The zero-order valence-electron chi connectivity index (χ0n) is 7.44. The molecule has 0 heterocycles. The molecule has 0 atom stereocenters. The van der Waals surface area contributed by atoms with Crippen LogP contribution >= 0.6 is 22.6 Å². The van der Waals surface area contributed by atoms with Crippen molar-refractivity contribution in [3.63, 3.8) is 0 Å². The lowest BCUT2D eigenvalue weighted by atomic mass is 10.0. The monoisotopic (exact) mass is 274 g/mol. The summed E-state index contributed by atoms with van der Waals surface area (Å²) < 4.78 is 1.16. The fourth-order valence-electron chi connectivity index (χ4n) is 1.02. The summed E-state index contributed by atoms with van der Waals surface area (Å²) >= 11 is 2.26. The molecule has 64 valence electrons. The summed E-state index contributed by atoms with van der Waals surface area (Å²) in [6.07, 6.45) is 0. The average molecular weight is 274 g/mol. The summed E-state index contributed by atoms with van der Waals surface area (Å²) in [6, 6.07) is 3.88. The number of carbonyl (C=O) groups is 1. The Bertz CT molecular complexity index is 306. The molecular weight excluding hydrogens is 263 g/mol. The van der Waals surface area contributed by atoms with Gasteiger partial charge in [0, 0.05) is 9.13 Å². The number of carbonyl (C=O) groups excluding carboxylic acids is 1. The summed E-state index contributed by atoms with van der Waals surface area (Å²) in [5.74, 6) is 0.135. The number of hydrogen-bond donors (Lipinski definition) is 0. The third-order valence-electron chi connectivity index (χ3n) is 2.01. The molecule has 0 bridgehead atoms. The number of benzene rings is 1. The van der Waals surface area contributed by atoms with Crippen LogP contribution in [0.1, 0.15) is 28.4 Å². The molecule has 1 aromatic rings. The minimum absolute atomic E-state index is 0.135. The molecule has 1 nitrogen and oxygen atoms in total. The summed E-state index contributed by atoms with van der Waals surface area (Å²) in [7, 11) is 0. The SMILES string of the molecule is CC(=O)c1cc(C)c(C)c(I)c1. The van der Waals surface area contributed by atoms with Gasteiger partial charge in [0.05, 0.1) is 0 Å². The van der Waals surface area contributed by atoms with Crippen molar-refractivity contribution >= 4 is 28.4 Å². The van der Waals surface area contributed by atoms with Gasteiger partial charge in [0.15, 0.2) is 5.78 Å². The van der Waals surface area contributed by atoms with E-state index < -0.39 is 0 Å². The van der Waals surface area contributed by atoms with E-state index in [9.17, 15) is 4.79 Å². The largest absolute Gasteiger partial charge is 0.295 e. The van der Waals surface area contributed by atoms with E-state index in [0.717, 1.165) is 9.13 Å². The van der Waals surface area contributed by atoms with Crippen LogP contribution < -0.4 is 0 Å². The third-order valence-corrected chi connectivity index (χ3v) is 3.13. The molecule has 1 rings (SSSR count). The molecule has 0 amide bonds. The molecule has 0 unspecified atom stereocenters. The van der Waals surface area contributed by atoms with Gasteiger partial charge in [-0.3, -0.25) is 4.79 Å². The first-order valence-corrected chi connectivity index (χ1v) is 4.88. The first-order valence-electron chi connectivity index (χ1n) is 3.80. The van der Waals surface area contributed by atoms with Crippen molar-refractivity contribution in [2.24, 2.45) is 0 Å². The van der Waals surface area contributed by atoms with Crippen molar-refractivity contribution in [1.29, 1.82) is 0 Å². The van der Waals surface area contributed by atoms with E-state index in [1.165, 1.54) is 11.1 Å². The molecule has 0 aliphatic rings. The van der Waals surface area contributed by atoms with Crippen LogP contribution in [0.3, 0.4) is 0 Å². The van der Waals surface area contributed by atoms with E-state index in [-0.39, 0.29) is 5.78 Å². The van der Waals surface area contributed by atoms with Gasteiger partial charge in [0.25, 0.3) is 0 Å². The van der Waals surface area contributed by atoms with Gasteiger partial charge in [-0.25, -0.2) is 0 Å². The predicted molar refractivity (Wildman–Crippen MR) is 58.6 cm³/mol. The van der Waals surface area contributed by atoms with Crippen LogP contribution in [-0.4, -0.2) is 5.78 Å². The van der Waals surface area contributed by atoms with Crippen molar-refractivity contribution < 1.29 is 4.79 Å². The molecule has 2 heteroatoms. The maximum absolute atomic E-state index is 11.1. The minimum atomic E-state index is 0.135. The van der Waals surface area contributed by atoms with Crippen molar-refractivity contribution in [3.8, 4) is 0 Å². The number of aryl methyl sites for hydroxylation is 1. The van der Waals surface area contributed by atoms with Gasteiger partial charge in [-0.1, -0.05) is 0 Å². The van der Waals surface area contributed by atoms with Gasteiger partial charge in [-0.15, -0.1) is 0 Å². The second-order valence-corrected chi connectivity index (χ2v) is 4.12. The van der Waals surface area contributed by atoms with Gasteiger partial charge >= 0.3 is 0 Å². The number of halogens is 1. The topological polar surface area (TPSA) is 17.1 Å². The normalized spacial score (nSPS) is 10.0. The molecule has 12 heavy (non-hydrogen) atoms. The lowest BCUT2D eigenvalue weighted by Gasteiger charge is -2.04. The predicted octanol–water partition coefficient (Wildman–Crippen LogP) is 3.11. The molecule has 0 spiro atoms. The van der Waals surface area contributed by atoms with Crippen molar-refractivity contribution in [2.45, 2.75) is 20.8 Å². The quantitative estimate of drug-likeness (QED) is 0.568. The van der Waals surface area contributed by atoms with Crippen molar-refractivity contribution in [3.05, 3.63) is 32.4 Å². The van der Waals surface area contributed by atoms with E-state index in [1.807, 2.05) is 19.1 Å². The van der Waals surface area contributed by atoms with Crippen LogP contribution in [0.2, 0.25) is 0 Å². The Hall–Kier alpha value is -0.380. The standard InChI is InChI=1S/C10H11IO/c1-6-4-9(8(3)12)5-10(11)7(6)2/h4-5H,1-3H3. The third kappa shape index (κ3) is 1.86. The molecule has 0 aliphatic heterocycles. The Labute approximate surface area is 86.3 Å². The molecule has 1 aromatic carbocycles. The summed E-state index contributed by atoms with van der Waals surface area (Å²) in [4.78, 5) is 11.1. The van der Waals surface area contributed by atoms with Crippen LogP contribution in [0.4, 0.5) is 0 Å². The smallest absolute Gasteiger partial charge is 0.159 e. The molecule has 0 aromatic heterocycles. The summed E-state index contributed by atoms with van der Waals surface area (Å²) in [5, 5.41) is 0. The van der Waals surface area contributed by atoms with E-state index in [2.05, 4.69) is 29.5 Å². The molecule has 0 saturated carbocycles. The molecular formula is C10H11IO. The summed E-state index contributed by atoms with van der Waals surface area (Å²) in [5.41, 5.74) is 3.26. The first kappa shape index (κ1) is 9.71.